The van der Waals surface area contributed by atoms with Crippen molar-refractivity contribution in [2.24, 2.45) is 27.9 Å². The maximum absolute atomic E-state index is 12.0. The molecule has 1 aromatic rings. The van der Waals surface area contributed by atoms with Crippen LogP contribution in [0.3, 0.4) is 0 Å². The lowest BCUT2D eigenvalue weighted by atomic mass is 10.1. The molecule has 0 fully saturated rings. The van der Waals surface area contributed by atoms with Gasteiger partial charge in [-0.2, -0.15) is 4.98 Å². The fraction of sp³-hybridized carbons (Fsp3) is 0.625. The van der Waals surface area contributed by atoms with Crippen molar-refractivity contribution in [3.63, 3.8) is 0 Å². The molecule has 2 amide bonds. The second kappa shape index (κ2) is 12.7. The molecule has 152 valence electrons. The smallest absolute Gasteiger partial charge is 0.349 e. The first-order valence-electron chi connectivity index (χ1n) is 9.05. The summed E-state index contributed by atoms with van der Waals surface area (Å²) in [4.78, 5) is 30.6. The number of nitrogens with zero attached hydrogens (tertiary/aromatic N) is 3. The van der Waals surface area contributed by atoms with Crippen molar-refractivity contribution in [2.75, 3.05) is 25.0 Å². The zero-order valence-electron chi connectivity index (χ0n) is 15.6. The maximum Gasteiger partial charge on any atom is 0.349 e. The lowest BCUT2D eigenvalue weighted by Gasteiger charge is -2.19. The first-order valence-corrected chi connectivity index (χ1v) is 9.05. The number of guanidine groups is 1. The molecular formula is C16H31N9O2. The molecule has 0 bridgehead atoms. The maximum atomic E-state index is 12.0. The molecule has 1 aromatic heterocycles. The Kier molecular flexibility index (Phi) is 10.5. The highest BCUT2D eigenvalue weighted by atomic mass is 16.2. The topological polar surface area (TPSA) is 192 Å². The standard InChI is InChI=1S/C16H31N9O2/c17-7-3-9-21-12(4-1-2-8-22-14(18)19)5-10-25-11-6-13(23-15(20)26)24-16(25)27/h6,11-12,21H,1-5,7-10,17H2,(H4,18,19,22)(H3,20,23,24,26,27). The Labute approximate surface area is 158 Å². The average molecular weight is 381 g/mol. The van der Waals surface area contributed by atoms with Crippen molar-refractivity contribution < 1.29 is 4.79 Å². The summed E-state index contributed by atoms with van der Waals surface area (Å²) in [7, 11) is 0. The van der Waals surface area contributed by atoms with Crippen LogP contribution in [0.1, 0.15) is 32.1 Å². The van der Waals surface area contributed by atoms with Crippen LogP contribution in [0.25, 0.3) is 0 Å². The second-order valence-corrected chi connectivity index (χ2v) is 6.16. The number of hydrogen-bond donors (Lipinski definition) is 6. The number of primary amides is 1. The third-order valence-electron chi connectivity index (χ3n) is 3.91. The van der Waals surface area contributed by atoms with Crippen molar-refractivity contribution >= 4 is 17.8 Å². The van der Waals surface area contributed by atoms with Gasteiger partial charge in [0.15, 0.2) is 5.96 Å². The van der Waals surface area contributed by atoms with Crippen LogP contribution in [-0.2, 0) is 6.54 Å². The van der Waals surface area contributed by atoms with E-state index in [1.807, 2.05) is 0 Å². The second-order valence-electron chi connectivity index (χ2n) is 6.16. The number of urea groups is 1. The highest BCUT2D eigenvalue weighted by Gasteiger charge is 2.09. The van der Waals surface area contributed by atoms with E-state index in [1.165, 1.54) is 10.6 Å². The summed E-state index contributed by atoms with van der Waals surface area (Å²) < 4.78 is 1.50. The number of hydrogen-bond acceptors (Lipinski definition) is 6. The van der Waals surface area contributed by atoms with Gasteiger partial charge < -0.3 is 28.3 Å². The first-order chi connectivity index (χ1) is 12.9. The van der Waals surface area contributed by atoms with Gasteiger partial charge in [-0.1, -0.05) is 6.42 Å². The number of nitrogens with one attached hydrogen (secondary N) is 2. The highest BCUT2D eigenvalue weighted by Crippen LogP contribution is 2.07. The zero-order valence-corrected chi connectivity index (χ0v) is 15.6. The minimum atomic E-state index is -0.760. The molecule has 0 aliphatic carbocycles. The van der Waals surface area contributed by atoms with Gasteiger partial charge in [-0.25, -0.2) is 9.59 Å². The van der Waals surface area contributed by atoms with E-state index in [2.05, 4.69) is 20.6 Å². The van der Waals surface area contributed by atoms with Gasteiger partial charge in [-0.05, 0) is 44.8 Å². The summed E-state index contributed by atoms with van der Waals surface area (Å²) in [6.45, 7) is 2.57. The number of rotatable bonds is 13. The number of aliphatic imine (C=N–C) groups is 1. The zero-order chi connectivity index (χ0) is 20.1. The van der Waals surface area contributed by atoms with Crippen molar-refractivity contribution in [3.05, 3.63) is 22.7 Å². The SMILES string of the molecule is NCCCNC(CCCCN=C(N)N)CCn1ccc(NC(N)=O)nc1=O. The van der Waals surface area contributed by atoms with Gasteiger partial charge in [-0.15, -0.1) is 0 Å². The first kappa shape index (κ1) is 22.4. The third-order valence-corrected chi connectivity index (χ3v) is 3.91. The van der Waals surface area contributed by atoms with Gasteiger partial charge in [0.1, 0.15) is 5.82 Å². The molecule has 1 rings (SSSR count). The Bertz CT molecular complexity index is 656. The quantitative estimate of drug-likeness (QED) is 0.141. The van der Waals surface area contributed by atoms with E-state index in [1.54, 1.807) is 6.20 Å². The van der Waals surface area contributed by atoms with Gasteiger partial charge in [0.2, 0.25) is 0 Å². The number of carbonyl (C=O) groups is 1. The average Bonchev–Trinajstić information content (AvgIpc) is 2.59. The molecule has 10 N–H and O–H groups in total. The van der Waals surface area contributed by atoms with Gasteiger partial charge in [0, 0.05) is 25.3 Å². The van der Waals surface area contributed by atoms with E-state index >= 15 is 0 Å². The number of unbranched alkanes of at least 4 members (excludes halogenated alkanes) is 1. The Hall–Kier alpha value is -2.66. The van der Waals surface area contributed by atoms with Gasteiger partial charge in [0.05, 0.1) is 0 Å². The molecule has 0 saturated carbocycles. The molecule has 0 aliphatic heterocycles. The van der Waals surface area contributed by atoms with Crippen LogP contribution in [0.5, 0.6) is 0 Å². The molecule has 1 heterocycles. The predicted molar refractivity (Wildman–Crippen MR) is 106 cm³/mol. The number of aromatic nitrogens is 2. The Balaban J connectivity index is 2.54. The highest BCUT2D eigenvalue weighted by molar-refractivity contribution is 5.86. The van der Waals surface area contributed by atoms with Crippen LogP contribution in [0.4, 0.5) is 10.6 Å². The van der Waals surface area contributed by atoms with Crippen molar-refractivity contribution in [1.29, 1.82) is 0 Å². The summed E-state index contributed by atoms with van der Waals surface area (Å²) >= 11 is 0. The molecule has 0 radical (unpaired) electrons. The number of aryl methyl sites for hydroxylation is 1. The van der Waals surface area contributed by atoms with Crippen LogP contribution in [0.15, 0.2) is 22.1 Å². The van der Waals surface area contributed by atoms with Gasteiger partial charge in [0.25, 0.3) is 0 Å². The van der Waals surface area contributed by atoms with E-state index in [0.717, 1.165) is 38.6 Å². The molecule has 0 aromatic carbocycles. The molecule has 11 heteroatoms. The molecule has 0 spiro atoms. The predicted octanol–water partition coefficient (Wildman–Crippen LogP) is -1.13. The lowest BCUT2D eigenvalue weighted by Crippen LogP contribution is -2.34. The van der Waals surface area contributed by atoms with Crippen LogP contribution in [-0.4, -0.2) is 47.2 Å². The molecule has 0 aliphatic rings. The molecule has 0 saturated heterocycles. The van der Waals surface area contributed by atoms with Crippen LogP contribution in [0, 0.1) is 0 Å². The van der Waals surface area contributed by atoms with Crippen molar-refractivity contribution in [3.8, 4) is 0 Å². The largest absolute Gasteiger partial charge is 0.370 e. The fourth-order valence-electron chi connectivity index (χ4n) is 2.56. The third kappa shape index (κ3) is 10.2. The van der Waals surface area contributed by atoms with Crippen LogP contribution >= 0.6 is 0 Å². The molecule has 1 atom stereocenters. The monoisotopic (exact) mass is 381 g/mol. The summed E-state index contributed by atoms with van der Waals surface area (Å²) in [6, 6.07) is 1.02. The number of amides is 2. The summed E-state index contributed by atoms with van der Waals surface area (Å²) in [5.41, 5.74) is 20.8. The molecular weight excluding hydrogens is 350 g/mol. The van der Waals surface area contributed by atoms with E-state index in [0.29, 0.717) is 19.6 Å². The summed E-state index contributed by atoms with van der Waals surface area (Å²) in [5.74, 6) is 0.245. The summed E-state index contributed by atoms with van der Waals surface area (Å²) in [6.07, 6.45) is 6.04. The van der Waals surface area contributed by atoms with Gasteiger partial charge in [-0.3, -0.25) is 14.9 Å². The Morgan fingerprint density at radius 1 is 1.22 bits per heavy atom. The normalized spacial score (nSPS) is 11.7. The molecule has 27 heavy (non-hydrogen) atoms. The Morgan fingerprint density at radius 2 is 2.00 bits per heavy atom. The Morgan fingerprint density at radius 3 is 2.63 bits per heavy atom. The van der Waals surface area contributed by atoms with Crippen LogP contribution < -0.4 is 39.3 Å². The van der Waals surface area contributed by atoms with E-state index in [-0.39, 0.29) is 17.8 Å². The fourth-order valence-corrected chi connectivity index (χ4v) is 2.56. The lowest BCUT2D eigenvalue weighted by molar-refractivity contribution is 0.259. The van der Waals surface area contributed by atoms with E-state index in [4.69, 9.17) is 22.9 Å². The number of nitrogens with two attached hydrogens (primary N) is 4. The number of anilines is 1. The minimum absolute atomic E-state index is 0.105. The molecule has 1 unspecified atom stereocenters. The van der Waals surface area contributed by atoms with Crippen molar-refractivity contribution in [2.45, 2.75) is 44.7 Å². The van der Waals surface area contributed by atoms with E-state index in [9.17, 15) is 9.59 Å². The van der Waals surface area contributed by atoms with E-state index < -0.39 is 11.7 Å². The van der Waals surface area contributed by atoms with Gasteiger partial charge >= 0.3 is 11.7 Å². The molecule has 11 nitrogen and oxygen atoms in total. The van der Waals surface area contributed by atoms with Crippen molar-refractivity contribution in [1.82, 2.24) is 14.9 Å². The number of carbonyl (C=O) groups excluding carboxylic acids is 1. The van der Waals surface area contributed by atoms with Crippen LogP contribution in [0.2, 0.25) is 0 Å². The summed E-state index contributed by atoms with van der Waals surface area (Å²) in [5, 5.41) is 5.75. The minimum Gasteiger partial charge on any atom is -0.370 e.